The van der Waals surface area contributed by atoms with Gasteiger partial charge < -0.3 is 9.63 Å². The highest BCUT2D eigenvalue weighted by Crippen LogP contribution is 2.34. The lowest BCUT2D eigenvalue weighted by Gasteiger charge is -2.29. The van der Waals surface area contributed by atoms with E-state index in [-0.39, 0.29) is 12.0 Å². The Morgan fingerprint density at radius 1 is 1.10 bits per heavy atom. The molecule has 2 aromatic heterocycles. The summed E-state index contributed by atoms with van der Waals surface area (Å²) in [6.45, 7) is 2.01. The zero-order valence-electron chi connectivity index (χ0n) is 17.8. The molecule has 31 heavy (non-hydrogen) atoms. The van der Waals surface area contributed by atoms with E-state index in [1.54, 1.807) is 0 Å². The Kier molecular flexibility index (Phi) is 5.29. The van der Waals surface area contributed by atoms with Crippen molar-refractivity contribution >= 4 is 10.9 Å². The van der Waals surface area contributed by atoms with Crippen LogP contribution in [0.25, 0.3) is 22.3 Å². The molecule has 4 aromatic rings. The molecule has 1 atom stereocenters. The van der Waals surface area contributed by atoms with Gasteiger partial charge in [0.05, 0.1) is 11.2 Å². The molecule has 7 nitrogen and oxygen atoms in total. The fraction of sp³-hybridized carbons (Fsp3) is 0.375. The van der Waals surface area contributed by atoms with Gasteiger partial charge in [0.1, 0.15) is 6.23 Å². The van der Waals surface area contributed by atoms with Crippen molar-refractivity contribution in [2.45, 2.75) is 50.8 Å². The summed E-state index contributed by atoms with van der Waals surface area (Å²) in [6, 6.07) is 16.2. The van der Waals surface area contributed by atoms with Crippen LogP contribution in [0.2, 0.25) is 0 Å². The number of nitrogens with zero attached hydrogens (tertiary/aromatic N) is 4. The second-order valence-corrected chi connectivity index (χ2v) is 8.43. The summed E-state index contributed by atoms with van der Waals surface area (Å²) in [5.41, 5.74) is 3.91. The number of rotatable bonds is 5. The number of aliphatic hydroxyl groups is 1. The van der Waals surface area contributed by atoms with Crippen molar-refractivity contribution in [1.29, 1.82) is 0 Å². The van der Waals surface area contributed by atoms with Gasteiger partial charge in [0.25, 0.3) is 0 Å². The minimum atomic E-state index is -0.636. The molecule has 0 spiro atoms. The Hall–Kier alpha value is -3.03. The second-order valence-electron chi connectivity index (χ2n) is 8.43. The van der Waals surface area contributed by atoms with Crippen molar-refractivity contribution in [1.82, 2.24) is 25.2 Å². The van der Waals surface area contributed by atoms with Crippen LogP contribution in [0.15, 0.2) is 53.1 Å². The van der Waals surface area contributed by atoms with Crippen LogP contribution >= 0.6 is 0 Å². The smallest absolute Gasteiger partial charge is 0.230 e. The van der Waals surface area contributed by atoms with E-state index in [1.165, 1.54) is 0 Å². The summed E-state index contributed by atoms with van der Waals surface area (Å²) in [4.78, 5) is 4.70. The van der Waals surface area contributed by atoms with Crippen molar-refractivity contribution in [3.05, 3.63) is 65.7 Å². The van der Waals surface area contributed by atoms with E-state index in [1.807, 2.05) is 55.1 Å². The third-order valence-corrected chi connectivity index (χ3v) is 6.32. The first-order chi connectivity index (χ1) is 15.1. The zero-order chi connectivity index (χ0) is 21.4. The maximum absolute atomic E-state index is 10.4. The van der Waals surface area contributed by atoms with Gasteiger partial charge >= 0.3 is 0 Å². The van der Waals surface area contributed by atoms with E-state index in [4.69, 9.17) is 9.51 Å². The quantitative estimate of drug-likeness (QED) is 0.472. The molecule has 7 heteroatoms. The average molecular weight is 418 g/mol. The van der Waals surface area contributed by atoms with Gasteiger partial charge in [-0.3, -0.25) is 10.00 Å². The number of aromatic nitrogens is 4. The monoisotopic (exact) mass is 417 g/mol. The van der Waals surface area contributed by atoms with Crippen molar-refractivity contribution in [2.75, 3.05) is 0 Å². The van der Waals surface area contributed by atoms with Crippen molar-refractivity contribution in [3.63, 3.8) is 0 Å². The van der Waals surface area contributed by atoms with Crippen LogP contribution in [0, 0.1) is 6.92 Å². The van der Waals surface area contributed by atoms with Crippen molar-refractivity contribution < 1.29 is 9.63 Å². The molecule has 0 bridgehead atoms. The number of aliphatic hydroxyl groups excluding tert-OH is 1. The molecule has 2 heterocycles. The van der Waals surface area contributed by atoms with E-state index >= 15 is 0 Å². The summed E-state index contributed by atoms with van der Waals surface area (Å²) in [5.74, 6) is 1.59. The van der Waals surface area contributed by atoms with E-state index in [2.05, 4.69) is 27.7 Å². The van der Waals surface area contributed by atoms with Crippen molar-refractivity contribution in [3.8, 4) is 11.4 Å². The molecule has 0 amide bonds. The summed E-state index contributed by atoms with van der Waals surface area (Å²) in [5, 5.41) is 23.6. The minimum absolute atomic E-state index is 0.260. The molecule has 0 saturated heterocycles. The van der Waals surface area contributed by atoms with Gasteiger partial charge in [-0.2, -0.15) is 10.1 Å². The Morgan fingerprint density at radius 3 is 2.65 bits per heavy atom. The average Bonchev–Trinajstić information content (AvgIpc) is 3.40. The molecule has 2 N–H and O–H groups in total. The number of benzene rings is 2. The number of nitrogens with one attached hydrogen (secondary N) is 1. The van der Waals surface area contributed by atoms with Gasteiger partial charge in [-0.1, -0.05) is 47.6 Å². The third-order valence-electron chi connectivity index (χ3n) is 6.32. The molecule has 0 radical (unpaired) electrons. The Morgan fingerprint density at radius 2 is 1.87 bits per heavy atom. The summed E-state index contributed by atoms with van der Waals surface area (Å²) < 4.78 is 7.52. The molecule has 1 aliphatic rings. The maximum atomic E-state index is 10.4. The fourth-order valence-corrected chi connectivity index (χ4v) is 4.56. The van der Waals surface area contributed by atoms with E-state index in [0.717, 1.165) is 53.4 Å². The van der Waals surface area contributed by atoms with Gasteiger partial charge in [-0.25, -0.2) is 0 Å². The highest BCUT2D eigenvalue weighted by molar-refractivity contribution is 5.85. The molecular formula is C24H27N5O2. The number of hydrogen-bond donors (Lipinski definition) is 2. The molecule has 2 aromatic carbocycles. The van der Waals surface area contributed by atoms with E-state index < -0.39 is 6.23 Å². The minimum Gasteiger partial charge on any atom is -0.374 e. The van der Waals surface area contributed by atoms with Crippen LogP contribution in [0.1, 0.15) is 55.0 Å². The molecule has 1 unspecified atom stereocenters. The molecular weight excluding hydrogens is 390 g/mol. The lowest BCUT2D eigenvalue weighted by atomic mass is 9.85. The first-order valence-corrected chi connectivity index (χ1v) is 10.8. The lowest BCUT2D eigenvalue weighted by molar-refractivity contribution is 0.110. The zero-order valence-corrected chi connectivity index (χ0v) is 17.8. The van der Waals surface area contributed by atoms with Crippen LogP contribution in [0.3, 0.4) is 0 Å². The molecule has 5 rings (SSSR count). The molecule has 160 valence electrons. The Balaban J connectivity index is 1.24. The van der Waals surface area contributed by atoms with Crippen LogP contribution in [0.5, 0.6) is 0 Å². The third kappa shape index (κ3) is 3.98. The van der Waals surface area contributed by atoms with Gasteiger partial charge in [0.15, 0.2) is 0 Å². The van der Waals surface area contributed by atoms with Crippen LogP contribution in [-0.2, 0) is 7.05 Å². The van der Waals surface area contributed by atoms with Crippen LogP contribution in [-0.4, -0.2) is 31.1 Å². The summed E-state index contributed by atoms with van der Waals surface area (Å²) >= 11 is 0. The number of hydrogen-bond acceptors (Lipinski definition) is 6. The van der Waals surface area contributed by atoms with Gasteiger partial charge in [0.2, 0.25) is 11.7 Å². The summed E-state index contributed by atoms with van der Waals surface area (Å²) in [7, 11) is 1.95. The SMILES string of the molecule is Cc1nn(C)c2cc(-c3noc([C@H]4CC[C@H](NC(O)c5ccccc5)CC4)n3)ccc12. The topological polar surface area (TPSA) is 89.0 Å². The van der Waals surface area contributed by atoms with Gasteiger partial charge in [0, 0.05) is 30.0 Å². The Bertz CT molecular complexity index is 1180. The molecule has 1 fully saturated rings. The van der Waals surface area contributed by atoms with Crippen LogP contribution < -0.4 is 5.32 Å². The lowest BCUT2D eigenvalue weighted by Crippen LogP contribution is -2.35. The normalized spacial score (nSPS) is 20.2. The molecule has 1 saturated carbocycles. The molecule has 1 aliphatic carbocycles. The van der Waals surface area contributed by atoms with Crippen LogP contribution in [0.4, 0.5) is 0 Å². The standard InChI is InChI=1S/C24H27N5O2/c1-15-20-13-10-18(14-21(20)29(2)27-15)22-26-24(31-28-22)17-8-11-19(12-9-17)25-23(30)16-6-4-3-5-7-16/h3-7,10,13-14,17,19,23,25,30H,8-9,11-12H2,1-2H3/t17-,19-,23?. The largest absolute Gasteiger partial charge is 0.374 e. The van der Waals surface area contributed by atoms with Gasteiger partial charge in [-0.15, -0.1) is 0 Å². The molecule has 0 aliphatic heterocycles. The first kappa shape index (κ1) is 19.9. The van der Waals surface area contributed by atoms with Crippen molar-refractivity contribution in [2.24, 2.45) is 7.05 Å². The summed E-state index contributed by atoms with van der Waals surface area (Å²) in [6.07, 6.45) is 3.21. The highest BCUT2D eigenvalue weighted by Gasteiger charge is 2.28. The highest BCUT2D eigenvalue weighted by atomic mass is 16.5. The first-order valence-electron chi connectivity index (χ1n) is 10.8. The van der Waals surface area contributed by atoms with E-state index in [9.17, 15) is 5.11 Å². The number of aryl methyl sites for hydroxylation is 2. The van der Waals surface area contributed by atoms with Gasteiger partial charge in [-0.05, 0) is 44.2 Å². The maximum Gasteiger partial charge on any atom is 0.230 e. The predicted molar refractivity (Wildman–Crippen MR) is 118 cm³/mol. The van der Waals surface area contributed by atoms with E-state index in [0.29, 0.717) is 11.7 Å². The fourth-order valence-electron chi connectivity index (χ4n) is 4.56. The number of fused-ring (bicyclic) bond motifs is 1. The second kappa shape index (κ2) is 8.24. The Labute approximate surface area is 181 Å². The predicted octanol–water partition coefficient (Wildman–Crippen LogP) is 4.24.